The summed E-state index contributed by atoms with van der Waals surface area (Å²) in [5.74, 6) is 3.58. The zero-order valence-electron chi connectivity index (χ0n) is 33.6. The Morgan fingerprint density at radius 3 is 1.02 bits per heavy atom. The first kappa shape index (κ1) is 45.4. The van der Waals surface area contributed by atoms with E-state index in [4.69, 9.17) is 38.3 Å². The van der Waals surface area contributed by atoms with Crippen LogP contribution in [-0.2, 0) is 15.7 Å². The van der Waals surface area contributed by atoms with Crippen LogP contribution in [0, 0.1) is 0 Å². The minimum absolute atomic E-state index is 0.603. The largest absolute Gasteiger partial charge is 0.550 e. The van der Waals surface area contributed by atoms with Crippen LogP contribution in [-0.4, -0.2) is 45.6 Å². The highest BCUT2D eigenvalue weighted by atomic mass is 32.2. The molecule has 0 bridgehead atoms. The molecule has 53 heavy (non-hydrogen) atoms. The monoisotopic (exact) mass is 754 g/mol. The van der Waals surface area contributed by atoms with Gasteiger partial charge in [-0.05, 0) is 57.6 Å². The third kappa shape index (κ3) is 16.9. The van der Waals surface area contributed by atoms with Crippen LogP contribution in [0.1, 0.15) is 126 Å². The second kappa shape index (κ2) is 27.8. The second-order valence-corrected chi connectivity index (χ2v) is 14.7. The Balaban J connectivity index is 0.00000231. The van der Waals surface area contributed by atoms with E-state index in [-0.39, 0.29) is 0 Å². The molecule has 0 saturated heterocycles. The standard InChI is InChI=1S/C42H63O6S.C2H4O2/c1-7-13-24-43-34-30-37(45-26-15-9-3)41(38(31-34)46-27-16-10-4)49(36-22-20-19-21-23-36)42-39(47-28-17-11-5)32-35(44-25-14-8-2)33-40(42)48-29-18-12-6;1-2(3)4/h19-23,30-33H,7-18,24-29H2,1-6H3;1H3,(H,3,4)/q+1;/p-1. The van der Waals surface area contributed by atoms with E-state index in [1.165, 1.54) is 0 Å². The van der Waals surface area contributed by atoms with Gasteiger partial charge in [-0.15, -0.1) is 0 Å². The molecule has 3 rings (SSSR count). The van der Waals surface area contributed by atoms with Crippen LogP contribution in [0.25, 0.3) is 0 Å². The van der Waals surface area contributed by atoms with E-state index in [1.807, 2.05) is 0 Å². The minimum atomic E-state index is -1.08. The van der Waals surface area contributed by atoms with Crippen molar-refractivity contribution in [3.05, 3.63) is 54.6 Å². The summed E-state index contributed by atoms with van der Waals surface area (Å²) in [6.07, 6.45) is 12.1. The number of rotatable bonds is 27. The molecule has 0 radical (unpaired) electrons. The predicted molar refractivity (Wildman–Crippen MR) is 215 cm³/mol. The molecule has 296 valence electrons. The Hall–Kier alpha value is -3.72. The van der Waals surface area contributed by atoms with Gasteiger partial charge in [0.25, 0.3) is 9.79 Å². The summed E-state index contributed by atoms with van der Waals surface area (Å²) in [5, 5.41) is 8.89. The van der Waals surface area contributed by atoms with Crippen molar-refractivity contribution in [3.8, 4) is 34.5 Å². The summed E-state index contributed by atoms with van der Waals surface area (Å²) < 4.78 is 39.4. The van der Waals surface area contributed by atoms with Crippen molar-refractivity contribution >= 4 is 16.9 Å². The first-order chi connectivity index (χ1) is 25.8. The number of benzene rings is 3. The van der Waals surface area contributed by atoms with Crippen LogP contribution >= 0.6 is 0 Å². The Bertz CT molecular complexity index is 1270. The summed E-state index contributed by atoms with van der Waals surface area (Å²) in [4.78, 5) is 12.0. The fourth-order valence-electron chi connectivity index (χ4n) is 4.97. The van der Waals surface area contributed by atoms with E-state index in [2.05, 4.69) is 96.1 Å². The quantitative estimate of drug-likeness (QED) is 0.0561. The van der Waals surface area contributed by atoms with Crippen LogP contribution in [0.3, 0.4) is 0 Å². The van der Waals surface area contributed by atoms with Gasteiger partial charge < -0.3 is 38.3 Å². The van der Waals surface area contributed by atoms with Gasteiger partial charge in [0.2, 0.25) is 0 Å². The van der Waals surface area contributed by atoms with E-state index in [0.717, 1.165) is 133 Å². The van der Waals surface area contributed by atoms with Gasteiger partial charge in [-0.1, -0.05) is 98.3 Å². The fourth-order valence-corrected chi connectivity index (χ4v) is 7.35. The van der Waals surface area contributed by atoms with Crippen LogP contribution < -0.4 is 33.5 Å². The zero-order chi connectivity index (χ0) is 38.7. The van der Waals surface area contributed by atoms with Crippen molar-refractivity contribution in [1.29, 1.82) is 0 Å². The fraction of sp³-hybridized carbons (Fsp3) is 0.568. The van der Waals surface area contributed by atoms with Crippen molar-refractivity contribution < 1.29 is 38.3 Å². The van der Waals surface area contributed by atoms with E-state index >= 15 is 0 Å². The summed E-state index contributed by atoms with van der Waals surface area (Å²) in [5.41, 5.74) is 0. The number of aliphatic carboxylic acids is 1. The van der Waals surface area contributed by atoms with Crippen LogP contribution in [0.2, 0.25) is 0 Å². The van der Waals surface area contributed by atoms with Crippen molar-refractivity contribution in [2.45, 2.75) is 140 Å². The SMILES string of the molecule is CC(=O)[O-].CCCCOc1cc(OCCCC)c([S+](c2ccccc2)c2c(OCCCC)cc(OCCCC)cc2OCCCC)c(OCCCC)c1. The van der Waals surface area contributed by atoms with Gasteiger partial charge in [-0.25, -0.2) is 0 Å². The summed E-state index contributed by atoms with van der Waals surface area (Å²) in [6, 6.07) is 18.9. The van der Waals surface area contributed by atoms with E-state index < -0.39 is 16.9 Å². The Kier molecular flexibility index (Phi) is 23.9. The van der Waals surface area contributed by atoms with Crippen molar-refractivity contribution in [3.63, 3.8) is 0 Å². The highest BCUT2D eigenvalue weighted by Crippen LogP contribution is 2.51. The van der Waals surface area contributed by atoms with Crippen LogP contribution in [0.5, 0.6) is 34.5 Å². The van der Waals surface area contributed by atoms with Crippen LogP contribution in [0.15, 0.2) is 69.3 Å². The predicted octanol–water partition coefficient (Wildman–Crippen LogP) is 10.6. The lowest BCUT2D eigenvalue weighted by Gasteiger charge is -2.22. The van der Waals surface area contributed by atoms with Gasteiger partial charge >= 0.3 is 0 Å². The molecule has 0 amide bonds. The van der Waals surface area contributed by atoms with Crippen LogP contribution in [0.4, 0.5) is 0 Å². The number of unbranched alkanes of at least 4 members (excludes halogenated alkanes) is 6. The third-order valence-corrected chi connectivity index (χ3v) is 10.3. The number of carboxylic acid groups (broad SMARTS) is 1. The molecule has 0 heterocycles. The lowest BCUT2D eigenvalue weighted by Crippen LogP contribution is -2.16. The number of carbonyl (C=O) groups excluding carboxylic acids is 1. The highest BCUT2D eigenvalue weighted by Gasteiger charge is 2.42. The topological polar surface area (TPSA) is 95.5 Å². The molecule has 0 fully saturated rings. The van der Waals surface area contributed by atoms with Gasteiger partial charge in [0.15, 0.2) is 27.9 Å². The van der Waals surface area contributed by atoms with Gasteiger partial charge in [0, 0.05) is 30.2 Å². The molecule has 0 aliphatic heterocycles. The van der Waals surface area contributed by atoms with Crippen molar-refractivity contribution in [2.24, 2.45) is 0 Å². The molecular formula is C44H66O8S. The first-order valence-electron chi connectivity index (χ1n) is 19.9. The van der Waals surface area contributed by atoms with E-state index in [9.17, 15) is 0 Å². The normalized spacial score (nSPS) is 10.7. The molecule has 0 aliphatic rings. The van der Waals surface area contributed by atoms with Gasteiger partial charge in [-0.2, -0.15) is 0 Å². The molecule has 0 unspecified atom stereocenters. The summed E-state index contributed by atoms with van der Waals surface area (Å²) in [7, 11) is -0.725. The molecule has 0 saturated carbocycles. The highest BCUT2D eigenvalue weighted by molar-refractivity contribution is 7.97. The first-order valence-corrected chi connectivity index (χ1v) is 21.2. The average molecular weight is 755 g/mol. The maximum Gasteiger partial charge on any atom is 0.250 e. The molecule has 0 spiro atoms. The molecule has 3 aromatic rings. The molecule has 0 aliphatic carbocycles. The van der Waals surface area contributed by atoms with Crippen molar-refractivity contribution in [2.75, 3.05) is 39.6 Å². The molecule has 8 nitrogen and oxygen atoms in total. The summed E-state index contributed by atoms with van der Waals surface area (Å²) in [6.45, 7) is 17.8. The second-order valence-electron chi connectivity index (χ2n) is 12.8. The summed E-state index contributed by atoms with van der Waals surface area (Å²) >= 11 is 0. The number of carboxylic acids is 1. The maximum atomic E-state index is 8.89. The number of carbonyl (C=O) groups is 1. The molecule has 0 N–H and O–H groups in total. The van der Waals surface area contributed by atoms with E-state index in [1.54, 1.807) is 0 Å². The lowest BCUT2D eigenvalue weighted by molar-refractivity contribution is -0.302. The molecule has 3 aromatic carbocycles. The van der Waals surface area contributed by atoms with Gasteiger partial charge in [0.1, 0.15) is 22.4 Å². The molecular weight excluding hydrogens is 689 g/mol. The smallest absolute Gasteiger partial charge is 0.250 e. The average Bonchev–Trinajstić information content (AvgIpc) is 3.14. The van der Waals surface area contributed by atoms with Gasteiger partial charge in [0.05, 0.1) is 39.6 Å². The van der Waals surface area contributed by atoms with Crippen molar-refractivity contribution in [1.82, 2.24) is 0 Å². The van der Waals surface area contributed by atoms with Gasteiger partial charge in [-0.3, -0.25) is 0 Å². The third-order valence-electron chi connectivity index (χ3n) is 7.93. The number of hydrogen-bond acceptors (Lipinski definition) is 8. The number of hydrogen-bond donors (Lipinski definition) is 0. The number of ether oxygens (including phenoxy) is 6. The Labute approximate surface area is 323 Å². The molecule has 0 atom stereocenters. The Morgan fingerprint density at radius 2 is 0.755 bits per heavy atom. The van der Waals surface area contributed by atoms with E-state index in [0.29, 0.717) is 39.6 Å². The minimum Gasteiger partial charge on any atom is -0.550 e. The maximum absolute atomic E-state index is 8.89. The molecule has 0 aromatic heterocycles. The Morgan fingerprint density at radius 1 is 0.491 bits per heavy atom. The lowest BCUT2D eigenvalue weighted by atomic mass is 10.2. The molecule has 9 heteroatoms. The zero-order valence-corrected chi connectivity index (χ0v) is 34.4.